The van der Waals surface area contributed by atoms with Gasteiger partial charge in [0.1, 0.15) is 7.60 Å². The first kappa shape index (κ1) is 36.0. The molecule has 2 atom stereocenters. The largest absolute Gasteiger partial charge is 0.778 e. The first-order valence-corrected chi connectivity index (χ1v) is 16.8. The molecule has 0 radical (unpaired) electrons. The van der Waals surface area contributed by atoms with E-state index in [9.17, 15) is 9.46 Å². The van der Waals surface area contributed by atoms with Gasteiger partial charge in [-0.1, -0.05) is 103 Å². The second-order valence-electron chi connectivity index (χ2n) is 11.6. The van der Waals surface area contributed by atoms with E-state index < -0.39 is 7.60 Å². The Morgan fingerprint density at radius 1 is 0.722 bits per heavy atom. The number of hydrogen-bond donors (Lipinski definition) is 0. The van der Waals surface area contributed by atoms with E-state index in [0.29, 0.717) is 13.0 Å². The molecular weight excluding hydrogens is 473 g/mol. The Balaban J connectivity index is 3.50. The molecule has 0 saturated carbocycles. The Morgan fingerprint density at radius 3 is 1.64 bits per heavy atom. The number of quaternary nitrogens is 1. The van der Waals surface area contributed by atoms with Crippen LogP contribution in [0.4, 0.5) is 0 Å². The Morgan fingerprint density at radius 2 is 1.19 bits per heavy atom. The van der Waals surface area contributed by atoms with Crippen molar-refractivity contribution in [1.29, 1.82) is 0 Å². The van der Waals surface area contributed by atoms with Crippen molar-refractivity contribution in [3.63, 3.8) is 0 Å². The quantitative estimate of drug-likeness (QED) is 0.0596. The van der Waals surface area contributed by atoms with E-state index in [1.807, 2.05) is 0 Å². The zero-order valence-electron chi connectivity index (χ0n) is 24.8. The molecule has 0 aromatic rings. The summed E-state index contributed by atoms with van der Waals surface area (Å²) in [6.45, 7) is 4.57. The molecule has 0 saturated heterocycles. The summed E-state index contributed by atoms with van der Waals surface area (Å²) in [4.78, 5) is 12.1. The molecule has 0 rings (SSSR count). The smallest absolute Gasteiger partial charge is 0.135 e. The molecule has 0 bridgehead atoms. The molecule has 0 aromatic heterocycles. The molecule has 6 nitrogen and oxygen atoms in total. The van der Waals surface area contributed by atoms with Crippen LogP contribution < -0.4 is 4.89 Å². The lowest BCUT2D eigenvalue weighted by atomic mass is 10.0. The fourth-order valence-corrected chi connectivity index (χ4v) is 5.49. The van der Waals surface area contributed by atoms with Crippen molar-refractivity contribution in [1.82, 2.24) is 0 Å². The van der Waals surface area contributed by atoms with E-state index in [1.165, 1.54) is 96.3 Å². The highest BCUT2D eigenvalue weighted by Crippen LogP contribution is 2.38. The summed E-state index contributed by atoms with van der Waals surface area (Å²) in [5.74, 6) is 0. The van der Waals surface area contributed by atoms with E-state index in [1.54, 1.807) is 7.11 Å². The van der Waals surface area contributed by atoms with Gasteiger partial charge in [-0.3, -0.25) is 0 Å². The minimum atomic E-state index is -3.81. The van der Waals surface area contributed by atoms with Gasteiger partial charge in [-0.05, 0) is 12.8 Å². The van der Waals surface area contributed by atoms with Crippen LogP contribution in [0.2, 0.25) is 0 Å². The van der Waals surface area contributed by atoms with Gasteiger partial charge in [0.15, 0.2) is 0 Å². The van der Waals surface area contributed by atoms with E-state index >= 15 is 0 Å². The van der Waals surface area contributed by atoms with Gasteiger partial charge < -0.3 is 27.9 Å². The third kappa shape index (κ3) is 27.1. The van der Waals surface area contributed by atoms with Crippen LogP contribution in [0.15, 0.2) is 0 Å². The van der Waals surface area contributed by atoms with Crippen LogP contribution in [-0.4, -0.2) is 71.4 Å². The number of hydrogen-bond acceptors (Lipinski definition) is 5. The lowest BCUT2D eigenvalue weighted by molar-refractivity contribution is -0.870. The number of rotatable bonds is 28. The fraction of sp³-hybridized carbons (Fsp3) is 1.00. The summed E-state index contributed by atoms with van der Waals surface area (Å²) in [5.41, 5.74) is 0. The number of unbranched alkanes of at least 4 members (excludes halogenated alkanes) is 15. The Kier molecular flexibility index (Phi) is 24.1. The third-order valence-electron chi connectivity index (χ3n) is 6.77. The first-order valence-electron chi connectivity index (χ1n) is 15.1. The molecule has 0 fully saturated rings. The van der Waals surface area contributed by atoms with Crippen LogP contribution in [-0.2, 0) is 18.6 Å². The summed E-state index contributed by atoms with van der Waals surface area (Å²) in [6, 6.07) is 0. The molecule has 0 spiro atoms. The lowest BCUT2D eigenvalue weighted by Gasteiger charge is -2.27. The first-order chi connectivity index (χ1) is 17.2. The maximum absolute atomic E-state index is 12.1. The molecule has 0 N–H and O–H groups in total. The van der Waals surface area contributed by atoms with Gasteiger partial charge >= 0.3 is 0 Å². The van der Waals surface area contributed by atoms with Crippen LogP contribution in [0.1, 0.15) is 122 Å². The zero-order valence-corrected chi connectivity index (χ0v) is 25.7. The Bertz CT molecular complexity index is 512. The standard InChI is InChI=1S/C29H62NO5P/c1-6-7-8-9-10-11-12-13-14-15-16-17-18-19-20-21-25-34-28-29(33-5)23-27-36(31,32)35-26-22-24-30(2,3)4/h29H,6-28H2,1-5H3. The normalized spacial score (nSPS) is 14.7. The number of nitrogens with zero attached hydrogens (tertiary/aromatic N) is 1. The predicted octanol–water partition coefficient (Wildman–Crippen LogP) is 7.34. The molecule has 0 aromatic carbocycles. The highest BCUT2D eigenvalue weighted by Gasteiger charge is 2.15. The van der Waals surface area contributed by atoms with E-state index in [4.69, 9.17) is 14.0 Å². The van der Waals surface area contributed by atoms with Crippen LogP contribution >= 0.6 is 7.60 Å². The van der Waals surface area contributed by atoms with Gasteiger partial charge in [0.25, 0.3) is 0 Å². The molecule has 36 heavy (non-hydrogen) atoms. The minimum absolute atomic E-state index is 0.00170. The Labute approximate surface area is 225 Å². The van der Waals surface area contributed by atoms with Crippen molar-refractivity contribution in [2.75, 3.05) is 60.8 Å². The van der Waals surface area contributed by atoms with Gasteiger partial charge in [0, 0.05) is 26.3 Å². The van der Waals surface area contributed by atoms with E-state index in [2.05, 4.69) is 28.1 Å². The van der Waals surface area contributed by atoms with Gasteiger partial charge in [-0.25, -0.2) is 0 Å². The molecule has 7 heteroatoms. The molecule has 0 aliphatic heterocycles. The maximum Gasteiger partial charge on any atom is 0.135 e. The van der Waals surface area contributed by atoms with E-state index in [0.717, 1.165) is 30.5 Å². The molecule has 2 unspecified atom stereocenters. The summed E-state index contributed by atoms with van der Waals surface area (Å²) < 4.78 is 29.2. The zero-order chi connectivity index (χ0) is 27.0. The topological polar surface area (TPSA) is 67.8 Å². The summed E-state index contributed by atoms with van der Waals surface area (Å²) in [6.07, 6.45) is 22.7. The van der Waals surface area contributed by atoms with Gasteiger partial charge in [-0.2, -0.15) is 0 Å². The monoisotopic (exact) mass is 535 g/mol. The van der Waals surface area contributed by atoms with Crippen LogP contribution in [0.3, 0.4) is 0 Å². The summed E-state index contributed by atoms with van der Waals surface area (Å²) in [7, 11) is 4.05. The van der Waals surface area contributed by atoms with Crippen LogP contribution in [0.25, 0.3) is 0 Å². The third-order valence-corrected chi connectivity index (χ3v) is 8.15. The van der Waals surface area contributed by atoms with Gasteiger partial charge in [0.2, 0.25) is 0 Å². The van der Waals surface area contributed by atoms with Crippen molar-refractivity contribution in [2.45, 2.75) is 129 Å². The second kappa shape index (κ2) is 24.1. The van der Waals surface area contributed by atoms with Crippen molar-refractivity contribution in [3.05, 3.63) is 0 Å². The molecule has 0 amide bonds. The lowest BCUT2D eigenvalue weighted by Crippen LogP contribution is -2.35. The highest BCUT2D eigenvalue weighted by molar-refractivity contribution is 7.51. The maximum atomic E-state index is 12.1. The van der Waals surface area contributed by atoms with Crippen LogP contribution in [0.5, 0.6) is 0 Å². The van der Waals surface area contributed by atoms with Crippen LogP contribution in [0, 0.1) is 0 Å². The van der Waals surface area contributed by atoms with Gasteiger partial charge in [0.05, 0.1) is 47.0 Å². The van der Waals surface area contributed by atoms with Crippen molar-refractivity contribution < 1.29 is 27.9 Å². The number of ether oxygens (including phenoxy) is 2. The number of methoxy groups -OCH3 is 1. The van der Waals surface area contributed by atoms with Gasteiger partial charge in [-0.15, -0.1) is 0 Å². The molecule has 0 heterocycles. The molecular formula is C29H62NO5P. The van der Waals surface area contributed by atoms with Crippen molar-refractivity contribution in [2.24, 2.45) is 0 Å². The average Bonchev–Trinajstić information content (AvgIpc) is 2.82. The molecule has 0 aliphatic carbocycles. The predicted molar refractivity (Wildman–Crippen MR) is 152 cm³/mol. The minimum Gasteiger partial charge on any atom is -0.778 e. The Hall–Kier alpha value is 0.0300. The molecule has 0 aliphatic rings. The summed E-state index contributed by atoms with van der Waals surface area (Å²) >= 11 is 0. The van der Waals surface area contributed by atoms with Crippen molar-refractivity contribution in [3.8, 4) is 0 Å². The molecule has 218 valence electrons. The highest BCUT2D eigenvalue weighted by atomic mass is 31.2. The summed E-state index contributed by atoms with van der Waals surface area (Å²) in [5, 5.41) is 0. The fourth-order valence-electron chi connectivity index (χ4n) is 4.35. The second-order valence-corrected chi connectivity index (χ2v) is 13.5. The van der Waals surface area contributed by atoms with E-state index in [-0.39, 0.29) is 18.9 Å². The van der Waals surface area contributed by atoms with Crippen molar-refractivity contribution >= 4 is 7.60 Å². The average molecular weight is 536 g/mol. The SMILES string of the molecule is CCCCCCCCCCCCCCCCCCOCC(CCP(=O)([O-])OCCC[N+](C)(C)C)OC.